The van der Waals surface area contributed by atoms with Crippen molar-refractivity contribution in [2.24, 2.45) is 0 Å². The third kappa shape index (κ3) is 3.74. The number of benzene rings is 2. The van der Waals surface area contributed by atoms with Crippen molar-refractivity contribution < 1.29 is 4.79 Å². The second kappa shape index (κ2) is 6.29. The highest BCUT2D eigenvalue weighted by molar-refractivity contribution is 9.10. The standard InChI is InChI=1S/C15H14BrClN2O/c1-9-6-12(18)8-13(16)15(9)19-14(20)7-10-2-4-11(17)5-3-10/h2-6,8H,7,18H2,1H3,(H,19,20). The summed E-state index contributed by atoms with van der Waals surface area (Å²) in [5.41, 5.74) is 8.98. The van der Waals surface area contributed by atoms with E-state index >= 15 is 0 Å². The summed E-state index contributed by atoms with van der Waals surface area (Å²) in [5.74, 6) is -0.0825. The quantitative estimate of drug-likeness (QED) is 0.814. The van der Waals surface area contributed by atoms with Crippen LogP contribution in [0.4, 0.5) is 11.4 Å². The zero-order valence-corrected chi connectivity index (χ0v) is 13.3. The SMILES string of the molecule is Cc1cc(N)cc(Br)c1NC(=O)Cc1ccc(Cl)cc1. The second-order valence-electron chi connectivity index (χ2n) is 4.55. The highest BCUT2D eigenvalue weighted by Crippen LogP contribution is 2.29. The maximum absolute atomic E-state index is 12.1. The van der Waals surface area contributed by atoms with Crippen LogP contribution >= 0.6 is 27.5 Å². The first-order chi connectivity index (χ1) is 9.45. The van der Waals surface area contributed by atoms with Crippen LogP contribution in [-0.2, 0) is 11.2 Å². The van der Waals surface area contributed by atoms with Gasteiger partial charge in [0.15, 0.2) is 0 Å². The van der Waals surface area contributed by atoms with Gasteiger partial charge in [-0.3, -0.25) is 4.79 Å². The van der Waals surface area contributed by atoms with Crippen LogP contribution in [0.2, 0.25) is 5.02 Å². The molecule has 0 saturated heterocycles. The summed E-state index contributed by atoms with van der Waals surface area (Å²) in [6.45, 7) is 1.90. The van der Waals surface area contributed by atoms with Crippen LogP contribution in [0.25, 0.3) is 0 Å². The molecule has 20 heavy (non-hydrogen) atoms. The molecule has 2 rings (SSSR count). The van der Waals surface area contributed by atoms with Crippen LogP contribution in [0.1, 0.15) is 11.1 Å². The zero-order valence-electron chi connectivity index (χ0n) is 10.9. The van der Waals surface area contributed by atoms with Crippen LogP contribution in [-0.4, -0.2) is 5.91 Å². The Kier molecular flexibility index (Phi) is 4.68. The molecule has 2 aromatic carbocycles. The summed E-state index contributed by atoms with van der Waals surface area (Å²) in [5, 5.41) is 3.55. The maximum Gasteiger partial charge on any atom is 0.228 e. The van der Waals surface area contributed by atoms with Crippen LogP contribution in [0.5, 0.6) is 0 Å². The number of amides is 1. The molecular formula is C15H14BrClN2O. The summed E-state index contributed by atoms with van der Waals surface area (Å²) in [7, 11) is 0. The fourth-order valence-corrected chi connectivity index (χ4v) is 2.70. The molecule has 0 aliphatic carbocycles. The van der Waals surface area contributed by atoms with E-state index in [1.54, 1.807) is 18.2 Å². The van der Waals surface area contributed by atoms with Crippen molar-refractivity contribution in [3.63, 3.8) is 0 Å². The summed E-state index contributed by atoms with van der Waals surface area (Å²) in [6.07, 6.45) is 0.299. The normalized spacial score (nSPS) is 10.3. The Morgan fingerprint density at radius 3 is 2.55 bits per heavy atom. The van der Waals surface area contributed by atoms with Crippen molar-refractivity contribution in [3.8, 4) is 0 Å². The van der Waals surface area contributed by atoms with E-state index < -0.39 is 0 Å². The predicted octanol–water partition coefficient (Wildman–Crippen LogP) is 4.17. The van der Waals surface area contributed by atoms with Gasteiger partial charge < -0.3 is 11.1 Å². The number of anilines is 2. The topological polar surface area (TPSA) is 55.1 Å². The van der Waals surface area contributed by atoms with Crippen molar-refractivity contribution in [1.82, 2.24) is 0 Å². The molecule has 5 heteroatoms. The monoisotopic (exact) mass is 352 g/mol. The number of halogens is 2. The number of carbonyl (C=O) groups excluding carboxylic acids is 1. The number of aryl methyl sites for hydroxylation is 1. The lowest BCUT2D eigenvalue weighted by Crippen LogP contribution is -2.15. The maximum atomic E-state index is 12.1. The molecule has 0 bridgehead atoms. The third-order valence-electron chi connectivity index (χ3n) is 2.85. The molecule has 104 valence electrons. The van der Waals surface area contributed by atoms with Crippen LogP contribution in [0.15, 0.2) is 40.9 Å². The molecule has 0 spiro atoms. The number of hydrogen-bond donors (Lipinski definition) is 2. The lowest BCUT2D eigenvalue weighted by molar-refractivity contribution is -0.115. The number of nitrogens with one attached hydrogen (secondary N) is 1. The molecule has 3 N–H and O–H groups in total. The zero-order chi connectivity index (χ0) is 14.7. The summed E-state index contributed by atoms with van der Waals surface area (Å²) >= 11 is 9.22. The molecule has 0 aliphatic heterocycles. The highest BCUT2D eigenvalue weighted by Gasteiger charge is 2.10. The van der Waals surface area contributed by atoms with Gasteiger partial charge in [0.25, 0.3) is 0 Å². The van der Waals surface area contributed by atoms with Gasteiger partial charge in [0.05, 0.1) is 12.1 Å². The summed E-state index contributed by atoms with van der Waals surface area (Å²) in [6, 6.07) is 10.8. The first-order valence-corrected chi connectivity index (χ1v) is 7.22. The smallest absolute Gasteiger partial charge is 0.228 e. The number of nitrogen functional groups attached to an aromatic ring is 1. The van der Waals surface area contributed by atoms with E-state index in [2.05, 4.69) is 21.2 Å². The van der Waals surface area contributed by atoms with E-state index in [0.717, 1.165) is 21.3 Å². The van der Waals surface area contributed by atoms with Crippen molar-refractivity contribution in [2.45, 2.75) is 13.3 Å². The average Bonchev–Trinajstić information content (AvgIpc) is 2.36. The Hall–Kier alpha value is -1.52. The van der Waals surface area contributed by atoms with Crippen molar-refractivity contribution in [2.75, 3.05) is 11.1 Å². The molecule has 0 aliphatic rings. The number of nitrogens with two attached hydrogens (primary N) is 1. The van der Waals surface area contributed by atoms with E-state index in [4.69, 9.17) is 17.3 Å². The molecule has 1 amide bonds. The Morgan fingerprint density at radius 1 is 1.30 bits per heavy atom. The molecular weight excluding hydrogens is 340 g/mol. The minimum atomic E-state index is -0.0825. The lowest BCUT2D eigenvalue weighted by Gasteiger charge is -2.11. The van der Waals surface area contributed by atoms with E-state index in [9.17, 15) is 4.79 Å². The molecule has 0 unspecified atom stereocenters. The number of hydrogen-bond acceptors (Lipinski definition) is 2. The van der Waals surface area contributed by atoms with Crippen molar-refractivity contribution >= 4 is 44.8 Å². The van der Waals surface area contributed by atoms with Crippen molar-refractivity contribution in [1.29, 1.82) is 0 Å². The first-order valence-electron chi connectivity index (χ1n) is 6.05. The van der Waals surface area contributed by atoms with Gasteiger partial charge in [-0.1, -0.05) is 23.7 Å². The van der Waals surface area contributed by atoms with Gasteiger partial charge in [-0.05, 0) is 58.2 Å². The Morgan fingerprint density at radius 2 is 1.95 bits per heavy atom. The van der Waals surface area contributed by atoms with Crippen LogP contribution in [0, 0.1) is 6.92 Å². The van der Waals surface area contributed by atoms with Gasteiger partial charge in [-0.15, -0.1) is 0 Å². The van der Waals surface area contributed by atoms with Gasteiger partial charge in [0.1, 0.15) is 0 Å². The second-order valence-corrected chi connectivity index (χ2v) is 5.84. The molecule has 0 atom stereocenters. The number of carbonyl (C=O) groups is 1. The highest BCUT2D eigenvalue weighted by atomic mass is 79.9. The molecule has 0 aromatic heterocycles. The van der Waals surface area contributed by atoms with E-state index in [-0.39, 0.29) is 5.91 Å². The fourth-order valence-electron chi connectivity index (χ4n) is 1.90. The van der Waals surface area contributed by atoms with Gasteiger partial charge in [-0.25, -0.2) is 0 Å². The van der Waals surface area contributed by atoms with E-state index in [1.165, 1.54) is 0 Å². The molecule has 3 nitrogen and oxygen atoms in total. The van der Waals surface area contributed by atoms with Crippen molar-refractivity contribution in [3.05, 3.63) is 57.0 Å². The Balaban J connectivity index is 2.10. The van der Waals surface area contributed by atoms with E-state index in [0.29, 0.717) is 17.1 Å². The minimum absolute atomic E-state index is 0.0825. The van der Waals surface area contributed by atoms with Crippen LogP contribution < -0.4 is 11.1 Å². The minimum Gasteiger partial charge on any atom is -0.399 e. The van der Waals surface area contributed by atoms with E-state index in [1.807, 2.05) is 25.1 Å². The lowest BCUT2D eigenvalue weighted by atomic mass is 10.1. The summed E-state index contributed by atoms with van der Waals surface area (Å²) in [4.78, 5) is 12.1. The van der Waals surface area contributed by atoms with Crippen LogP contribution in [0.3, 0.4) is 0 Å². The molecule has 2 aromatic rings. The Bertz CT molecular complexity index is 618. The third-order valence-corrected chi connectivity index (χ3v) is 3.73. The molecule has 0 saturated carbocycles. The molecule has 0 radical (unpaired) electrons. The Labute approximate surface area is 131 Å². The average molecular weight is 354 g/mol. The van der Waals surface area contributed by atoms with Gasteiger partial charge in [0.2, 0.25) is 5.91 Å². The predicted molar refractivity (Wildman–Crippen MR) is 87.1 cm³/mol. The number of rotatable bonds is 3. The first kappa shape index (κ1) is 14.9. The fraction of sp³-hybridized carbons (Fsp3) is 0.133. The summed E-state index contributed by atoms with van der Waals surface area (Å²) < 4.78 is 0.777. The van der Waals surface area contributed by atoms with Gasteiger partial charge in [-0.2, -0.15) is 0 Å². The molecule has 0 heterocycles. The van der Waals surface area contributed by atoms with Gasteiger partial charge in [0, 0.05) is 15.2 Å². The largest absolute Gasteiger partial charge is 0.399 e. The molecule has 0 fully saturated rings. The van der Waals surface area contributed by atoms with Gasteiger partial charge >= 0.3 is 0 Å².